The number of nitro groups is 2. The molecule has 0 unspecified atom stereocenters. The number of nitrogens with zero attached hydrogens (tertiary/aromatic N) is 2. The maximum atomic E-state index is 9.85. The summed E-state index contributed by atoms with van der Waals surface area (Å²) in [7, 11) is 2.08. The number of carbonyl (C=O) groups is 2. The van der Waals surface area contributed by atoms with Gasteiger partial charge in [-0.3, -0.25) is 0 Å². The summed E-state index contributed by atoms with van der Waals surface area (Å²) >= 11 is 0. The third-order valence-corrected chi connectivity index (χ3v) is 0.736. The second-order valence-corrected chi connectivity index (χ2v) is 1.72. The quantitative estimate of drug-likeness (QED) is 0.461. The lowest BCUT2D eigenvalue weighted by molar-refractivity contribution is -0.530. The van der Waals surface area contributed by atoms with E-state index in [1.807, 2.05) is 0 Å². The smallest absolute Gasteiger partial charge is 0.449 e. The van der Waals surface area contributed by atoms with E-state index < -0.39 is 22.3 Å². The number of rotatable bonds is 2. The van der Waals surface area contributed by atoms with Gasteiger partial charge in [0.05, 0.1) is 14.2 Å². The zero-order valence-corrected chi connectivity index (χ0v) is 8.16. The molecule has 0 spiro atoms. The van der Waals surface area contributed by atoms with Crippen molar-refractivity contribution in [1.29, 1.82) is 0 Å². The predicted molar refractivity (Wildman–Crippen MR) is 45.1 cm³/mol. The Morgan fingerprint density at radius 1 is 0.938 bits per heavy atom. The van der Waals surface area contributed by atoms with Gasteiger partial charge in [-0.15, -0.1) is 0 Å². The van der Waals surface area contributed by atoms with E-state index in [-0.39, 0.29) is 0 Å². The summed E-state index contributed by atoms with van der Waals surface area (Å²) in [4.78, 5) is 38.4. The Kier molecular flexibility index (Phi) is 8.80. The van der Waals surface area contributed by atoms with Crippen LogP contribution in [0, 0.1) is 20.2 Å². The molecule has 0 saturated carbocycles. The van der Waals surface area contributed by atoms with Gasteiger partial charge in [0, 0.05) is 0 Å². The lowest BCUT2D eigenvalue weighted by atomic mass is 11.2. The minimum absolute atomic E-state index is 0.994. The molecular weight excluding hydrogens is 232 g/mol. The van der Waals surface area contributed by atoms with Crippen molar-refractivity contribution in [3.8, 4) is 0 Å². The van der Waals surface area contributed by atoms with Gasteiger partial charge in [-0.05, 0) is 10.9 Å². The van der Waals surface area contributed by atoms with Gasteiger partial charge in [-0.1, -0.05) is 0 Å². The molecule has 0 atom stereocenters. The zero-order valence-electron chi connectivity index (χ0n) is 8.16. The van der Waals surface area contributed by atoms with Crippen LogP contribution in [0.5, 0.6) is 0 Å². The fourth-order valence-electron chi connectivity index (χ4n) is 0.240. The van der Waals surface area contributed by atoms with Crippen LogP contribution in [0.15, 0.2) is 0 Å². The number of carbonyl (C=O) groups excluding carboxylic acids is 2. The van der Waals surface area contributed by atoms with E-state index in [1.54, 1.807) is 0 Å². The second kappa shape index (κ2) is 8.92. The number of methoxy groups -OCH3 is 2. The minimum Gasteiger partial charge on any atom is -0.449 e. The molecule has 0 aromatic heterocycles. The SMILES string of the molecule is COC(=O)N[N+](=O)[O-].COC(=O)N[N+](=O)[O-]. The summed E-state index contributed by atoms with van der Waals surface area (Å²) in [6.07, 6.45) is -2.15. The van der Waals surface area contributed by atoms with Crippen LogP contribution in [-0.4, -0.2) is 36.5 Å². The third-order valence-electron chi connectivity index (χ3n) is 0.736. The first-order valence-electron chi connectivity index (χ1n) is 3.31. The number of amides is 2. The van der Waals surface area contributed by atoms with E-state index in [9.17, 15) is 29.8 Å². The van der Waals surface area contributed by atoms with Crippen molar-refractivity contribution in [3.05, 3.63) is 20.2 Å². The lowest BCUT2D eigenvalue weighted by Gasteiger charge is -1.89. The highest BCUT2D eigenvalue weighted by Crippen LogP contribution is 1.68. The van der Waals surface area contributed by atoms with Gasteiger partial charge in [0.15, 0.2) is 10.1 Å². The van der Waals surface area contributed by atoms with Crippen LogP contribution in [0.25, 0.3) is 0 Å². The summed E-state index contributed by atoms with van der Waals surface area (Å²) in [5.41, 5.74) is 2.51. The Bertz CT molecular complexity index is 249. The van der Waals surface area contributed by atoms with Gasteiger partial charge in [-0.2, -0.15) is 0 Å². The molecule has 0 aromatic rings. The lowest BCUT2D eigenvalue weighted by Crippen LogP contribution is -2.28. The average Bonchev–Trinajstić information content (AvgIpc) is 2.16. The van der Waals surface area contributed by atoms with Crippen molar-refractivity contribution in [2.75, 3.05) is 14.2 Å². The van der Waals surface area contributed by atoms with Gasteiger partial charge in [0.2, 0.25) is 0 Å². The van der Waals surface area contributed by atoms with Crippen molar-refractivity contribution < 1.29 is 29.1 Å². The largest absolute Gasteiger partial charge is 0.465 e. The highest BCUT2D eigenvalue weighted by atomic mass is 16.7. The van der Waals surface area contributed by atoms with E-state index in [2.05, 4.69) is 9.47 Å². The first-order chi connectivity index (χ1) is 7.33. The fraction of sp³-hybridized carbons (Fsp3) is 0.500. The molecular formula is C4H8N4O8. The molecule has 0 aliphatic carbocycles. The summed E-state index contributed by atoms with van der Waals surface area (Å²) in [6.45, 7) is 0. The molecule has 0 radical (unpaired) electrons. The Morgan fingerprint density at radius 2 is 1.19 bits per heavy atom. The van der Waals surface area contributed by atoms with Crippen LogP contribution >= 0.6 is 0 Å². The standard InChI is InChI=1S/2C2H4N2O4/c2*1-8-2(5)3-4(6)7/h2*1H3,(H,3,5). The summed E-state index contributed by atoms with van der Waals surface area (Å²) in [6, 6.07) is 0. The van der Waals surface area contributed by atoms with Crippen molar-refractivity contribution in [2.45, 2.75) is 0 Å². The van der Waals surface area contributed by atoms with Gasteiger partial charge in [0.1, 0.15) is 0 Å². The Hall–Kier alpha value is -2.66. The third kappa shape index (κ3) is 13.9. The van der Waals surface area contributed by atoms with Gasteiger partial charge in [0.25, 0.3) is 0 Å². The number of nitrogens with one attached hydrogen (secondary N) is 2. The summed E-state index contributed by atoms with van der Waals surface area (Å²) < 4.78 is 7.74. The van der Waals surface area contributed by atoms with Crippen molar-refractivity contribution in [2.24, 2.45) is 0 Å². The molecule has 0 aliphatic heterocycles. The van der Waals surface area contributed by atoms with E-state index in [1.165, 1.54) is 10.9 Å². The molecule has 92 valence electrons. The van der Waals surface area contributed by atoms with Gasteiger partial charge in [-0.25, -0.2) is 29.8 Å². The molecule has 0 rings (SSSR count). The summed E-state index contributed by atoms with van der Waals surface area (Å²) in [5, 5.41) is 16.7. The van der Waals surface area contributed by atoms with E-state index in [0.717, 1.165) is 14.2 Å². The Morgan fingerprint density at radius 3 is 1.25 bits per heavy atom. The monoisotopic (exact) mass is 240 g/mol. The molecule has 2 amide bonds. The van der Waals surface area contributed by atoms with Gasteiger partial charge < -0.3 is 9.47 Å². The number of ether oxygens (including phenoxy) is 2. The maximum absolute atomic E-state index is 9.85. The second-order valence-electron chi connectivity index (χ2n) is 1.72. The molecule has 2 N–H and O–H groups in total. The van der Waals surface area contributed by atoms with E-state index >= 15 is 0 Å². The highest BCUT2D eigenvalue weighted by molar-refractivity contribution is 5.65. The molecule has 0 fully saturated rings. The fourth-order valence-corrected chi connectivity index (χ4v) is 0.240. The maximum Gasteiger partial charge on any atom is 0.465 e. The van der Waals surface area contributed by atoms with Crippen LogP contribution in [0.2, 0.25) is 0 Å². The predicted octanol–water partition coefficient (Wildman–Crippen LogP) is -0.932. The van der Waals surface area contributed by atoms with Crippen LogP contribution in [0.1, 0.15) is 0 Å². The normalized spacial score (nSPS) is 7.62. The van der Waals surface area contributed by atoms with E-state index in [0.29, 0.717) is 0 Å². The first kappa shape index (κ1) is 15.8. The minimum atomic E-state index is -1.07. The molecule has 0 aliphatic rings. The summed E-state index contributed by atoms with van der Waals surface area (Å²) in [5.74, 6) is 0. The molecule has 12 nitrogen and oxygen atoms in total. The average molecular weight is 240 g/mol. The number of hydrogen-bond acceptors (Lipinski definition) is 8. The molecule has 16 heavy (non-hydrogen) atoms. The first-order valence-corrected chi connectivity index (χ1v) is 3.31. The van der Waals surface area contributed by atoms with E-state index in [4.69, 9.17) is 0 Å². The van der Waals surface area contributed by atoms with Crippen LogP contribution in [-0.2, 0) is 9.47 Å². The van der Waals surface area contributed by atoms with Crippen molar-refractivity contribution in [3.63, 3.8) is 0 Å². The Balaban J connectivity index is 0. The Labute approximate surface area is 87.7 Å². The topological polar surface area (TPSA) is 163 Å². The molecule has 0 saturated heterocycles. The number of hydrogen-bond donors (Lipinski definition) is 2. The van der Waals surface area contributed by atoms with Gasteiger partial charge >= 0.3 is 12.2 Å². The van der Waals surface area contributed by atoms with Crippen molar-refractivity contribution in [1.82, 2.24) is 10.9 Å². The van der Waals surface area contributed by atoms with Crippen LogP contribution in [0.3, 0.4) is 0 Å². The van der Waals surface area contributed by atoms with Crippen molar-refractivity contribution >= 4 is 12.2 Å². The molecule has 0 heterocycles. The van der Waals surface area contributed by atoms with Crippen LogP contribution in [0.4, 0.5) is 9.59 Å². The zero-order chi connectivity index (χ0) is 13.1. The number of hydrazine groups is 2. The highest BCUT2D eigenvalue weighted by Gasteiger charge is 2.03. The molecule has 0 aromatic carbocycles. The van der Waals surface area contributed by atoms with Crippen LogP contribution < -0.4 is 10.9 Å². The molecule has 12 heteroatoms. The molecule has 0 bridgehead atoms.